The number of aliphatic hydroxyl groups excluding tert-OH is 1. The van der Waals surface area contributed by atoms with Gasteiger partial charge in [-0.05, 0) is 31.6 Å². The van der Waals surface area contributed by atoms with E-state index in [1.807, 2.05) is 0 Å². The molecule has 1 aliphatic heterocycles. The van der Waals surface area contributed by atoms with Crippen molar-refractivity contribution in [2.24, 2.45) is 17.3 Å². The first kappa shape index (κ1) is 13.8. The SMILES string of the molecule is CC1(C)C(NCC2CCCCC2O)C2CCCOC21. The molecule has 0 aromatic carbocycles. The van der Waals surface area contributed by atoms with Crippen LogP contribution in [0.1, 0.15) is 52.4 Å². The van der Waals surface area contributed by atoms with Gasteiger partial charge in [0.05, 0.1) is 12.2 Å². The van der Waals surface area contributed by atoms with Crippen molar-refractivity contribution in [1.82, 2.24) is 5.32 Å². The van der Waals surface area contributed by atoms with E-state index in [1.54, 1.807) is 0 Å². The van der Waals surface area contributed by atoms with E-state index in [0.717, 1.165) is 19.6 Å². The van der Waals surface area contributed by atoms with Crippen molar-refractivity contribution < 1.29 is 9.84 Å². The molecule has 110 valence electrons. The molecule has 0 radical (unpaired) electrons. The number of rotatable bonds is 3. The Morgan fingerprint density at radius 2 is 1.95 bits per heavy atom. The Kier molecular flexibility index (Phi) is 3.89. The Morgan fingerprint density at radius 3 is 2.74 bits per heavy atom. The van der Waals surface area contributed by atoms with Gasteiger partial charge in [0.1, 0.15) is 0 Å². The van der Waals surface area contributed by atoms with Gasteiger partial charge in [-0.15, -0.1) is 0 Å². The van der Waals surface area contributed by atoms with E-state index in [9.17, 15) is 5.11 Å². The first-order valence-electron chi connectivity index (χ1n) is 8.14. The maximum atomic E-state index is 10.1. The highest BCUT2D eigenvalue weighted by Gasteiger charge is 2.57. The molecule has 0 spiro atoms. The molecule has 0 amide bonds. The summed E-state index contributed by atoms with van der Waals surface area (Å²) >= 11 is 0. The zero-order chi connectivity index (χ0) is 13.5. The summed E-state index contributed by atoms with van der Waals surface area (Å²) in [4.78, 5) is 0. The van der Waals surface area contributed by atoms with Gasteiger partial charge < -0.3 is 15.2 Å². The molecule has 0 aromatic heterocycles. The van der Waals surface area contributed by atoms with Gasteiger partial charge in [-0.2, -0.15) is 0 Å². The number of hydrogen-bond donors (Lipinski definition) is 2. The van der Waals surface area contributed by atoms with Crippen LogP contribution in [0.2, 0.25) is 0 Å². The van der Waals surface area contributed by atoms with Crippen LogP contribution in [-0.4, -0.2) is 36.5 Å². The van der Waals surface area contributed by atoms with Crippen molar-refractivity contribution in [3.63, 3.8) is 0 Å². The van der Waals surface area contributed by atoms with Crippen LogP contribution in [0.15, 0.2) is 0 Å². The minimum Gasteiger partial charge on any atom is -0.393 e. The maximum Gasteiger partial charge on any atom is 0.0684 e. The van der Waals surface area contributed by atoms with Crippen LogP contribution >= 0.6 is 0 Å². The number of fused-ring (bicyclic) bond motifs is 1. The van der Waals surface area contributed by atoms with Gasteiger partial charge in [-0.1, -0.05) is 26.7 Å². The van der Waals surface area contributed by atoms with E-state index < -0.39 is 0 Å². The topological polar surface area (TPSA) is 41.5 Å². The molecule has 2 aliphatic carbocycles. The normalized spacial score (nSPS) is 45.3. The molecule has 3 nitrogen and oxygen atoms in total. The van der Waals surface area contributed by atoms with Gasteiger partial charge in [0.15, 0.2) is 0 Å². The lowest BCUT2D eigenvalue weighted by Crippen LogP contribution is -2.69. The molecule has 19 heavy (non-hydrogen) atoms. The molecular formula is C16H29NO2. The van der Waals surface area contributed by atoms with E-state index in [-0.39, 0.29) is 11.5 Å². The lowest BCUT2D eigenvalue weighted by atomic mass is 9.55. The summed E-state index contributed by atoms with van der Waals surface area (Å²) in [6, 6.07) is 0.576. The van der Waals surface area contributed by atoms with Crippen molar-refractivity contribution in [2.75, 3.05) is 13.2 Å². The number of nitrogens with one attached hydrogen (secondary N) is 1. The summed E-state index contributed by atoms with van der Waals surface area (Å²) in [5, 5.41) is 13.8. The first-order chi connectivity index (χ1) is 9.10. The van der Waals surface area contributed by atoms with Crippen molar-refractivity contribution >= 4 is 0 Å². The molecule has 3 rings (SSSR count). The van der Waals surface area contributed by atoms with E-state index in [0.29, 0.717) is 24.0 Å². The Hall–Kier alpha value is -0.120. The van der Waals surface area contributed by atoms with Crippen molar-refractivity contribution in [3.8, 4) is 0 Å². The fraction of sp³-hybridized carbons (Fsp3) is 1.00. The zero-order valence-electron chi connectivity index (χ0n) is 12.4. The quantitative estimate of drug-likeness (QED) is 0.824. The van der Waals surface area contributed by atoms with Crippen LogP contribution in [0.4, 0.5) is 0 Å². The Labute approximate surface area is 117 Å². The fourth-order valence-corrected chi connectivity index (χ4v) is 4.64. The minimum atomic E-state index is -0.0807. The summed E-state index contributed by atoms with van der Waals surface area (Å²) in [7, 11) is 0. The Balaban J connectivity index is 1.54. The average Bonchev–Trinajstić information content (AvgIpc) is 2.41. The molecule has 3 aliphatic rings. The zero-order valence-corrected chi connectivity index (χ0v) is 12.4. The van der Waals surface area contributed by atoms with Crippen molar-refractivity contribution in [1.29, 1.82) is 0 Å². The second kappa shape index (κ2) is 5.34. The third kappa shape index (κ3) is 2.45. The molecule has 2 saturated carbocycles. The smallest absolute Gasteiger partial charge is 0.0684 e. The van der Waals surface area contributed by atoms with Gasteiger partial charge >= 0.3 is 0 Å². The average molecular weight is 267 g/mol. The van der Waals surface area contributed by atoms with Gasteiger partial charge in [0.25, 0.3) is 0 Å². The highest BCUT2D eigenvalue weighted by Crippen LogP contribution is 2.51. The van der Waals surface area contributed by atoms with Crippen LogP contribution in [-0.2, 0) is 4.74 Å². The molecular weight excluding hydrogens is 238 g/mol. The van der Waals surface area contributed by atoms with Gasteiger partial charge in [0.2, 0.25) is 0 Å². The van der Waals surface area contributed by atoms with Gasteiger partial charge in [-0.25, -0.2) is 0 Å². The molecule has 0 aromatic rings. The maximum absolute atomic E-state index is 10.1. The summed E-state index contributed by atoms with van der Waals surface area (Å²) in [6.07, 6.45) is 7.55. The van der Waals surface area contributed by atoms with Crippen LogP contribution in [0.25, 0.3) is 0 Å². The van der Waals surface area contributed by atoms with E-state index in [4.69, 9.17) is 4.74 Å². The summed E-state index contributed by atoms with van der Waals surface area (Å²) in [5.74, 6) is 1.16. The third-order valence-corrected chi connectivity index (χ3v) is 5.80. The monoisotopic (exact) mass is 267 g/mol. The minimum absolute atomic E-state index is 0.0807. The second-order valence-electron chi connectivity index (χ2n) is 7.42. The largest absolute Gasteiger partial charge is 0.393 e. The molecule has 3 fully saturated rings. The Morgan fingerprint density at radius 1 is 1.16 bits per heavy atom. The van der Waals surface area contributed by atoms with Crippen LogP contribution in [0.5, 0.6) is 0 Å². The lowest BCUT2D eigenvalue weighted by molar-refractivity contribution is -0.193. The third-order valence-electron chi connectivity index (χ3n) is 5.80. The highest BCUT2D eigenvalue weighted by molar-refractivity contribution is 5.10. The summed E-state index contributed by atoms with van der Waals surface area (Å²) in [5.41, 5.74) is 0.255. The molecule has 0 bridgehead atoms. The molecule has 5 atom stereocenters. The standard InChI is InChI=1S/C16H29NO2/c1-16(2)14(12-7-5-9-19-15(12)16)17-10-11-6-3-4-8-13(11)18/h11-15,17-18H,3-10H2,1-2H3. The van der Waals surface area contributed by atoms with E-state index >= 15 is 0 Å². The lowest BCUT2D eigenvalue weighted by Gasteiger charge is -2.60. The van der Waals surface area contributed by atoms with Gasteiger partial charge in [0, 0.05) is 30.5 Å². The molecule has 5 unspecified atom stereocenters. The number of hydrogen-bond acceptors (Lipinski definition) is 3. The highest BCUT2D eigenvalue weighted by atomic mass is 16.5. The molecule has 1 saturated heterocycles. The van der Waals surface area contributed by atoms with Crippen LogP contribution < -0.4 is 5.32 Å². The van der Waals surface area contributed by atoms with Crippen LogP contribution in [0, 0.1) is 17.3 Å². The van der Waals surface area contributed by atoms with Crippen LogP contribution in [0.3, 0.4) is 0 Å². The summed E-state index contributed by atoms with van der Waals surface area (Å²) in [6.45, 7) is 6.58. The first-order valence-corrected chi connectivity index (χ1v) is 8.14. The fourth-order valence-electron chi connectivity index (χ4n) is 4.64. The molecule has 2 N–H and O–H groups in total. The van der Waals surface area contributed by atoms with E-state index in [2.05, 4.69) is 19.2 Å². The Bertz CT molecular complexity index is 318. The number of ether oxygens (including phenoxy) is 1. The predicted molar refractivity (Wildman–Crippen MR) is 76.0 cm³/mol. The second-order valence-corrected chi connectivity index (χ2v) is 7.42. The molecule has 3 heteroatoms. The number of aliphatic hydroxyl groups is 1. The van der Waals surface area contributed by atoms with Crippen molar-refractivity contribution in [2.45, 2.75) is 70.6 Å². The van der Waals surface area contributed by atoms with Crippen molar-refractivity contribution in [3.05, 3.63) is 0 Å². The van der Waals surface area contributed by atoms with E-state index in [1.165, 1.54) is 32.1 Å². The predicted octanol–water partition coefficient (Wildman–Crippen LogP) is 2.33. The molecule has 1 heterocycles. The van der Waals surface area contributed by atoms with Gasteiger partial charge in [-0.3, -0.25) is 0 Å². The summed E-state index contributed by atoms with van der Waals surface area (Å²) < 4.78 is 5.95.